The number of hydrogen-bond donors (Lipinski definition) is 2. The van der Waals surface area contributed by atoms with E-state index in [4.69, 9.17) is 0 Å². The molecule has 1 aliphatic heterocycles. The van der Waals surface area contributed by atoms with Gasteiger partial charge in [0.1, 0.15) is 5.75 Å². The molecule has 0 aliphatic carbocycles. The minimum Gasteiger partial charge on any atom is -0.507 e. The van der Waals surface area contributed by atoms with Gasteiger partial charge in [-0.25, -0.2) is 0 Å². The summed E-state index contributed by atoms with van der Waals surface area (Å²) in [5, 5.41) is 12.5. The molecule has 0 spiro atoms. The number of rotatable bonds is 4. The van der Waals surface area contributed by atoms with E-state index in [2.05, 4.69) is 17.1 Å². The van der Waals surface area contributed by atoms with Crippen molar-refractivity contribution < 1.29 is 9.90 Å². The molecule has 19 heavy (non-hydrogen) atoms. The number of piperidine rings is 1. The maximum atomic E-state index is 12.0. The molecule has 2 N–H and O–H groups in total. The fourth-order valence-corrected chi connectivity index (χ4v) is 2.49. The van der Waals surface area contributed by atoms with Gasteiger partial charge in [0, 0.05) is 12.6 Å². The Kier molecular flexibility index (Phi) is 4.80. The summed E-state index contributed by atoms with van der Waals surface area (Å²) >= 11 is 0. The van der Waals surface area contributed by atoms with Gasteiger partial charge in [-0.3, -0.25) is 9.69 Å². The van der Waals surface area contributed by atoms with Crippen LogP contribution in [-0.4, -0.2) is 41.6 Å². The Bertz CT molecular complexity index is 428. The van der Waals surface area contributed by atoms with Crippen molar-refractivity contribution in [3.8, 4) is 5.75 Å². The predicted octanol–water partition coefficient (Wildman–Crippen LogP) is 2.00. The van der Waals surface area contributed by atoms with Crippen LogP contribution in [0.4, 0.5) is 0 Å². The normalized spacial score (nSPS) is 17.9. The summed E-state index contributed by atoms with van der Waals surface area (Å²) < 4.78 is 0. The van der Waals surface area contributed by atoms with Crippen LogP contribution in [0.5, 0.6) is 5.75 Å². The molecule has 1 aromatic carbocycles. The Morgan fingerprint density at radius 1 is 1.32 bits per heavy atom. The Balaban J connectivity index is 1.84. The lowest BCUT2D eigenvalue weighted by Crippen LogP contribution is -2.44. The monoisotopic (exact) mass is 262 g/mol. The topological polar surface area (TPSA) is 52.6 Å². The third-order valence-electron chi connectivity index (χ3n) is 3.72. The van der Waals surface area contributed by atoms with Crippen molar-refractivity contribution in [1.82, 2.24) is 10.2 Å². The van der Waals surface area contributed by atoms with E-state index in [0.29, 0.717) is 18.2 Å². The van der Waals surface area contributed by atoms with Crippen LogP contribution in [0.15, 0.2) is 24.3 Å². The lowest BCUT2D eigenvalue weighted by molar-refractivity contribution is 0.0927. The molecule has 0 radical (unpaired) electrons. The van der Waals surface area contributed by atoms with Gasteiger partial charge < -0.3 is 10.4 Å². The molecule has 2 rings (SSSR count). The highest BCUT2D eigenvalue weighted by Crippen LogP contribution is 2.15. The van der Waals surface area contributed by atoms with Crippen LogP contribution in [0.25, 0.3) is 0 Å². The van der Waals surface area contributed by atoms with Crippen molar-refractivity contribution in [2.75, 3.05) is 19.6 Å². The second-order valence-corrected chi connectivity index (χ2v) is 5.17. The van der Waals surface area contributed by atoms with Crippen LogP contribution in [-0.2, 0) is 0 Å². The average Bonchev–Trinajstić information content (AvgIpc) is 2.46. The van der Waals surface area contributed by atoms with Gasteiger partial charge in [-0.1, -0.05) is 18.6 Å². The predicted molar refractivity (Wildman–Crippen MR) is 75.3 cm³/mol. The molecular formula is C15H22N2O2. The Morgan fingerprint density at radius 2 is 2.00 bits per heavy atom. The van der Waals surface area contributed by atoms with Gasteiger partial charge in [-0.15, -0.1) is 0 Å². The molecule has 0 aromatic heterocycles. The largest absolute Gasteiger partial charge is 0.507 e. The van der Waals surface area contributed by atoms with E-state index in [1.807, 2.05) is 0 Å². The molecule has 1 aromatic rings. The summed E-state index contributed by atoms with van der Waals surface area (Å²) in [5.74, 6) is -0.174. The van der Waals surface area contributed by atoms with Gasteiger partial charge in [0.25, 0.3) is 5.91 Å². The van der Waals surface area contributed by atoms with Crippen LogP contribution >= 0.6 is 0 Å². The summed E-state index contributed by atoms with van der Waals surface area (Å²) in [5.41, 5.74) is 0.341. The molecular weight excluding hydrogens is 240 g/mol. The Labute approximate surface area is 114 Å². The standard InChI is InChI=1S/C15H22N2O2/c1-12(17-9-5-2-6-10-17)11-16-15(19)13-7-3-4-8-14(13)18/h3-4,7-8,12,18H,2,5-6,9-11H2,1H3,(H,16,19). The van der Waals surface area contributed by atoms with Gasteiger partial charge in [0.15, 0.2) is 0 Å². The molecule has 104 valence electrons. The highest BCUT2D eigenvalue weighted by molar-refractivity contribution is 5.96. The van der Waals surface area contributed by atoms with Crippen molar-refractivity contribution in [2.24, 2.45) is 0 Å². The van der Waals surface area contributed by atoms with Crippen molar-refractivity contribution in [2.45, 2.75) is 32.2 Å². The molecule has 1 saturated heterocycles. The number of carbonyl (C=O) groups excluding carboxylic acids is 1. The van der Waals surface area contributed by atoms with E-state index in [9.17, 15) is 9.90 Å². The molecule has 4 heteroatoms. The molecule has 4 nitrogen and oxygen atoms in total. The first-order valence-electron chi connectivity index (χ1n) is 6.98. The number of amides is 1. The number of carbonyl (C=O) groups is 1. The number of benzene rings is 1. The third-order valence-corrected chi connectivity index (χ3v) is 3.72. The summed E-state index contributed by atoms with van der Waals surface area (Å²) in [7, 11) is 0. The van der Waals surface area contributed by atoms with Crippen molar-refractivity contribution in [1.29, 1.82) is 0 Å². The first-order valence-corrected chi connectivity index (χ1v) is 6.98. The van der Waals surface area contributed by atoms with E-state index >= 15 is 0 Å². The maximum Gasteiger partial charge on any atom is 0.255 e. The number of phenolic OH excluding ortho intramolecular Hbond substituents is 1. The lowest BCUT2D eigenvalue weighted by atomic mass is 10.1. The van der Waals surface area contributed by atoms with E-state index in [-0.39, 0.29) is 11.7 Å². The first-order chi connectivity index (χ1) is 9.18. The molecule has 0 bridgehead atoms. The van der Waals surface area contributed by atoms with E-state index in [1.165, 1.54) is 25.3 Å². The summed E-state index contributed by atoms with van der Waals surface area (Å²) in [6.07, 6.45) is 3.81. The Morgan fingerprint density at radius 3 is 2.68 bits per heavy atom. The van der Waals surface area contributed by atoms with Crippen LogP contribution in [0.1, 0.15) is 36.5 Å². The maximum absolute atomic E-state index is 12.0. The molecule has 1 heterocycles. The zero-order chi connectivity index (χ0) is 13.7. The minimum absolute atomic E-state index is 0.0330. The number of phenols is 1. The highest BCUT2D eigenvalue weighted by Gasteiger charge is 2.18. The second-order valence-electron chi connectivity index (χ2n) is 5.17. The van der Waals surface area contributed by atoms with Crippen LogP contribution in [0, 0.1) is 0 Å². The van der Waals surface area contributed by atoms with Crippen LogP contribution < -0.4 is 5.32 Å². The number of para-hydroxylation sites is 1. The van der Waals surface area contributed by atoms with E-state index < -0.39 is 0 Å². The van der Waals surface area contributed by atoms with Crippen molar-refractivity contribution >= 4 is 5.91 Å². The summed E-state index contributed by atoms with van der Waals surface area (Å²) in [4.78, 5) is 14.4. The molecule has 1 unspecified atom stereocenters. The number of aromatic hydroxyl groups is 1. The molecule has 1 fully saturated rings. The van der Waals surface area contributed by atoms with E-state index in [0.717, 1.165) is 13.1 Å². The third kappa shape index (κ3) is 3.70. The Hall–Kier alpha value is -1.55. The number of likely N-dealkylation sites (tertiary alicyclic amines) is 1. The van der Waals surface area contributed by atoms with Gasteiger partial charge in [0.2, 0.25) is 0 Å². The zero-order valence-corrected chi connectivity index (χ0v) is 11.4. The van der Waals surface area contributed by atoms with Crippen LogP contribution in [0.2, 0.25) is 0 Å². The van der Waals surface area contributed by atoms with Gasteiger partial charge >= 0.3 is 0 Å². The van der Waals surface area contributed by atoms with Crippen molar-refractivity contribution in [3.63, 3.8) is 0 Å². The lowest BCUT2D eigenvalue weighted by Gasteiger charge is -2.32. The first kappa shape index (κ1) is 13.9. The molecule has 1 amide bonds. The zero-order valence-electron chi connectivity index (χ0n) is 11.4. The van der Waals surface area contributed by atoms with Gasteiger partial charge in [-0.2, -0.15) is 0 Å². The SMILES string of the molecule is CC(CNC(=O)c1ccccc1O)N1CCCCC1. The quantitative estimate of drug-likeness (QED) is 0.872. The number of nitrogens with one attached hydrogen (secondary N) is 1. The fourth-order valence-electron chi connectivity index (χ4n) is 2.49. The number of nitrogens with zero attached hydrogens (tertiary/aromatic N) is 1. The molecule has 0 saturated carbocycles. The van der Waals surface area contributed by atoms with E-state index in [1.54, 1.807) is 18.2 Å². The minimum atomic E-state index is -0.207. The fraction of sp³-hybridized carbons (Fsp3) is 0.533. The van der Waals surface area contributed by atoms with Gasteiger partial charge in [-0.05, 0) is 45.0 Å². The van der Waals surface area contributed by atoms with Crippen molar-refractivity contribution in [3.05, 3.63) is 29.8 Å². The number of hydrogen-bond acceptors (Lipinski definition) is 3. The summed E-state index contributed by atoms with van der Waals surface area (Å²) in [6.45, 7) is 4.99. The van der Waals surface area contributed by atoms with Gasteiger partial charge in [0.05, 0.1) is 5.56 Å². The molecule has 1 aliphatic rings. The second kappa shape index (κ2) is 6.57. The highest BCUT2D eigenvalue weighted by atomic mass is 16.3. The average molecular weight is 262 g/mol. The smallest absolute Gasteiger partial charge is 0.255 e. The van der Waals surface area contributed by atoms with Crippen LogP contribution in [0.3, 0.4) is 0 Å². The summed E-state index contributed by atoms with van der Waals surface area (Å²) in [6, 6.07) is 6.97. The molecule has 1 atom stereocenters.